The van der Waals surface area contributed by atoms with E-state index < -0.39 is 11.7 Å². The van der Waals surface area contributed by atoms with Crippen LogP contribution in [0.2, 0.25) is 0 Å². The zero-order valence-electron chi connectivity index (χ0n) is 11.5. The summed E-state index contributed by atoms with van der Waals surface area (Å²) in [5.74, 6) is -0.449. The maximum absolute atomic E-state index is 12.0. The highest BCUT2D eigenvalue weighted by Gasteiger charge is 2.10. The first-order chi connectivity index (χ1) is 9.93. The van der Waals surface area contributed by atoms with Gasteiger partial charge in [-0.25, -0.2) is 9.59 Å². The SMILES string of the molecule is COC(=O)c1ccc(Cn2c(=O)ccn(C)c2=O)c(Br)c1. The molecule has 2 aromatic rings. The van der Waals surface area contributed by atoms with Gasteiger partial charge in [0.25, 0.3) is 5.56 Å². The Kier molecular flexibility index (Phi) is 4.42. The predicted molar refractivity (Wildman–Crippen MR) is 80.5 cm³/mol. The van der Waals surface area contributed by atoms with Gasteiger partial charge in [0.05, 0.1) is 19.2 Å². The van der Waals surface area contributed by atoms with Crippen molar-refractivity contribution in [2.75, 3.05) is 7.11 Å². The molecule has 0 aliphatic carbocycles. The van der Waals surface area contributed by atoms with Crippen LogP contribution in [0.1, 0.15) is 15.9 Å². The van der Waals surface area contributed by atoms with Crippen LogP contribution in [0.5, 0.6) is 0 Å². The fourth-order valence-corrected chi connectivity index (χ4v) is 2.35. The van der Waals surface area contributed by atoms with Gasteiger partial charge >= 0.3 is 11.7 Å². The quantitative estimate of drug-likeness (QED) is 0.776. The van der Waals surface area contributed by atoms with Gasteiger partial charge in [-0.3, -0.25) is 9.36 Å². The Morgan fingerprint density at radius 1 is 1.29 bits per heavy atom. The number of benzene rings is 1. The van der Waals surface area contributed by atoms with E-state index in [-0.39, 0.29) is 12.1 Å². The molecule has 0 N–H and O–H groups in total. The summed E-state index contributed by atoms with van der Waals surface area (Å²) in [4.78, 5) is 35.2. The number of aromatic nitrogens is 2. The third-order valence-electron chi connectivity index (χ3n) is 3.04. The normalized spacial score (nSPS) is 10.4. The second-order valence-corrected chi connectivity index (χ2v) is 5.29. The molecule has 0 atom stereocenters. The van der Waals surface area contributed by atoms with E-state index in [1.807, 2.05) is 0 Å². The summed E-state index contributed by atoms with van der Waals surface area (Å²) in [5, 5.41) is 0. The van der Waals surface area contributed by atoms with Gasteiger partial charge in [0.2, 0.25) is 0 Å². The van der Waals surface area contributed by atoms with Gasteiger partial charge in [-0.05, 0) is 17.7 Å². The van der Waals surface area contributed by atoms with Crippen LogP contribution in [0, 0.1) is 0 Å². The average molecular weight is 353 g/mol. The number of carbonyl (C=O) groups is 1. The number of halogens is 1. The molecule has 7 heteroatoms. The smallest absolute Gasteiger partial charge is 0.337 e. The summed E-state index contributed by atoms with van der Waals surface area (Å²) < 4.78 is 7.72. The molecular weight excluding hydrogens is 340 g/mol. The van der Waals surface area contributed by atoms with Crippen molar-refractivity contribution in [2.24, 2.45) is 7.05 Å². The molecule has 1 aromatic heterocycles. The van der Waals surface area contributed by atoms with E-state index in [2.05, 4.69) is 20.7 Å². The summed E-state index contributed by atoms with van der Waals surface area (Å²) >= 11 is 3.34. The standard InChI is InChI=1S/C14H13BrN2O4/c1-16-6-5-12(18)17(14(16)20)8-10-4-3-9(7-11(10)15)13(19)21-2/h3-7H,8H2,1-2H3. The summed E-state index contributed by atoms with van der Waals surface area (Å²) in [7, 11) is 2.88. The molecule has 0 fully saturated rings. The summed E-state index contributed by atoms with van der Waals surface area (Å²) in [6, 6.07) is 6.19. The minimum Gasteiger partial charge on any atom is -0.465 e. The molecule has 1 aromatic carbocycles. The molecule has 0 saturated carbocycles. The Labute approximate surface area is 128 Å². The van der Waals surface area contributed by atoms with Crippen LogP contribution in [-0.4, -0.2) is 22.2 Å². The van der Waals surface area contributed by atoms with Crippen molar-refractivity contribution in [1.29, 1.82) is 0 Å². The first-order valence-electron chi connectivity index (χ1n) is 6.07. The van der Waals surface area contributed by atoms with Crippen molar-refractivity contribution in [3.05, 3.63) is 66.9 Å². The molecule has 6 nitrogen and oxygen atoms in total. The van der Waals surface area contributed by atoms with Crippen LogP contribution in [0.4, 0.5) is 0 Å². The molecule has 0 radical (unpaired) electrons. The van der Waals surface area contributed by atoms with Gasteiger partial charge < -0.3 is 9.30 Å². The van der Waals surface area contributed by atoms with E-state index >= 15 is 0 Å². The maximum atomic E-state index is 12.0. The summed E-state index contributed by atoms with van der Waals surface area (Å²) in [5.41, 5.74) is 0.336. The van der Waals surface area contributed by atoms with Crippen LogP contribution in [-0.2, 0) is 18.3 Å². The monoisotopic (exact) mass is 352 g/mol. The highest BCUT2D eigenvalue weighted by atomic mass is 79.9. The third kappa shape index (κ3) is 3.13. The molecule has 0 aliphatic heterocycles. The van der Waals surface area contributed by atoms with Crippen molar-refractivity contribution in [3.8, 4) is 0 Å². The topological polar surface area (TPSA) is 70.3 Å². The number of aryl methyl sites for hydroxylation is 1. The fraction of sp³-hybridized carbons (Fsp3) is 0.214. The maximum Gasteiger partial charge on any atom is 0.337 e. The lowest BCUT2D eigenvalue weighted by atomic mass is 10.1. The van der Waals surface area contributed by atoms with Crippen molar-refractivity contribution < 1.29 is 9.53 Å². The van der Waals surface area contributed by atoms with E-state index in [9.17, 15) is 14.4 Å². The van der Waals surface area contributed by atoms with Crippen LogP contribution < -0.4 is 11.2 Å². The van der Waals surface area contributed by atoms with Gasteiger partial charge in [-0.1, -0.05) is 22.0 Å². The largest absolute Gasteiger partial charge is 0.465 e. The van der Waals surface area contributed by atoms with Crippen molar-refractivity contribution in [1.82, 2.24) is 9.13 Å². The summed E-state index contributed by atoms with van der Waals surface area (Å²) in [6.07, 6.45) is 1.43. The number of rotatable bonds is 3. The highest BCUT2D eigenvalue weighted by molar-refractivity contribution is 9.10. The predicted octanol–water partition coefficient (Wildman–Crippen LogP) is 1.14. The van der Waals surface area contributed by atoms with E-state index in [1.165, 1.54) is 23.9 Å². The molecule has 0 amide bonds. The average Bonchev–Trinajstić information content (AvgIpc) is 2.48. The molecule has 2 rings (SSSR count). The van der Waals surface area contributed by atoms with E-state index in [0.717, 1.165) is 4.57 Å². The second-order valence-electron chi connectivity index (χ2n) is 4.43. The Bertz CT molecular complexity index is 807. The number of nitrogens with zero attached hydrogens (tertiary/aromatic N) is 2. The Hall–Kier alpha value is -2.15. The van der Waals surface area contributed by atoms with Crippen molar-refractivity contribution in [2.45, 2.75) is 6.54 Å². The lowest BCUT2D eigenvalue weighted by Gasteiger charge is -2.09. The molecule has 21 heavy (non-hydrogen) atoms. The second kappa shape index (κ2) is 6.09. The van der Waals surface area contributed by atoms with E-state index in [1.54, 1.807) is 25.2 Å². The van der Waals surface area contributed by atoms with E-state index in [4.69, 9.17) is 0 Å². The molecular formula is C14H13BrN2O4. The number of ether oxygens (including phenoxy) is 1. The number of hydrogen-bond donors (Lipinski definition) is 0. The Morgan fingerprint density at radius 3 is 2.62 bits per heavy atom. The molecule has 0 spiro atoms. The van der Waals surface area contributed by atoms with Gasteiger partial charge in [0, 0.05) is 23.8 Å². The van der Waals surface area contributed by atoms with Crippen LogP contribution in [0.15, 0.2) is 44.5 Å². The molecule has 0 aliphatic rings. The first-order valence-corrected chi connectivity index (χ1v) is 6.86. The molecule has 0 unspecified atom stereocenters. The van der Waals surface area contributed by atoms with Crippen LogP contribution in [0.25, 0.3) is 0 Å². The molecule has 1 heterocycles. The zero-order chi connectivity index (χ0) is 15.6. The number of hydrogen-bond acceptors (Lipinski definition) is 4. The van der Waals surface area contributed by atoms with Crippen molar-refractivity contribution >= 4 is 21.9 Å². The molecule has 110 valence electrons. The lowest BCUT2D eigenvalue weighted by Crippen LogP contribution is -2.38. The van der Waals surface area contributed by atoms with Gasteiger partial charge in [0.15, 0.2) is 0 Å². The molecule has 0 saturated heterocycles. The summed E-state index contributed by atoms with van der Waals surface area (Å²) in [6.45, 7) is 0.119. The lowest BCUT2D eigenvalue weighted by molar-refractivity contribution is 0.0600. The van der Waals surface area contributed by atoms with Gasteiger partial charge in [-0.15, -0.1) is 0 Å². The van der Waals surface area contributed by atoms with Gasteiger partial charge in [0.1, 0.15) is 0 Å². The van der Waals surface area contributed by atoms with Crippen LogP contribution in [0.3, 0.4) is 0 Å². The number of methoxy groups -OCH3 is 1. The zero-order valence-corrected chi connectivity index (χ0v) is 13.1. The third-order valence-corrected chi connectivity index (χ3v) is 3.78. The number of esters is 1. The minimum atomic E-state index is -0.449. The Balaban J connectivity index is 2.42. The van der Waals surface area contributed by atoms with Crippen LogP contribution >= 0.6 is 15.9 Å². The highest BCUT2D eigenvalue weighted by Crippen LogP contribution is 2.19. The van der Waals surface area contributed by atoms with E-state index in [0.29, 0.717) is 15.6 Å². The van der Waals surface area contributed by atoms with Gasteiger partial charge in [-0.2, -0.15) is 0 Å². The fourth-order valence-electron chi connectivity index (χ4n) is 1.85. The minimum absolute atomic E-state index is 0.119. The number of carbonyl (C=O) groups excluding carboxylic acids is 1. The van der Waals surface area contributed by atoms with Crippen molar-refractivity contribution in [3.63, 3.8) is 0 Å². The first kappa shape index (κ1) is 15.2. The Morgan fingerprint density at radius 2 is 2.00 bits per heavy atom. The molecule has 0 bridgehead atoms.